The number of hydrogen-bond acceptors (Lipinski definition) is 6. The molecule has 0 atom stereocenters. The van der Waals surface area contributed by atoms with Crippen LogP contribution in [0.4, 0.5) is 16.0 Å². The Balaban J connectivity index is 2.26. The maximum absolute atomic E-state index is 13.0. The second-order valence-corrected chi connectivity index (χ2v) is 3.96. The molecule has 1 amide bonds. The quantitative estimate of drug-likeness (QED) is 0.828. The number of halogens is 1. The highest BCUT2D eigenvalue weighted by atomic mass is 19.1. The number of carbonyl (C=O) groups is 1. The van der Waals surface area contributed by atoms with Crippen LogP contribution in [0.3, 0.4) is 0 Å². The van der Waals surface area contributed by atoms with Crippen LogP contribution in [-0.2, 0) is 0 Å². The molecule has 7 nitrogen and oxygen atoms in total. The van der Waals surface area contributed by atoms with E-state index in [1.165, 1.54) is 26.4 Å². The third-order valence-corrected chi connectivity index (χ3v) is 2.58. The molecule has 0 aliphatic rings. The smallest absolute Gasteiger partial charge is 0.260 e. The lowest BCUT2D eigenvalue weighted by Gasteiger charge is -2.08. The van der Waals surface area contributed by atoms with Crippen molar-refractivity contribution in [1.82, 2.24) is 9.97 Å². The number of nitrogens with two attached hydrogens (primary N) is 1. The fourth-order valence-electron chi connectivity index (χ4n) is 1.58. The zero-order valence-electron chi connectivity index (χ0n) is 11.4. The number of anilines is 2. The molecule has 1 aromatic heterocycles. The second kappa shape index (κ2) is 6.04. The van der Waals surface area contributed by atoms with E-state index in [1.54, 1.807) is 0 Å². The fraction of sp³-hybridized carbons (Fsp3) is 0.154. The molecule has 0 aliphatic carbocycles. The van der Waals surface area contributed by atoms with Crippen LogP contribution in [0, 0.1) is 5.82 Å². The summed E-state index contributed by atoms with van der Waals surface area (Å²) in [5.74, 6) is -0.653. The van der Waals surface area contributed by atoms with Gasteiger partial charge >= 0.3 is 0 Å². The maximum Gasteiger partial charge on any atom is 0.260 e. The van der Waals surface area contributed by atoms with Crippen LogP contribution in [0.1, 0.15) is 10.4 Å². The first kappa shape index (κ1) is 14.5. The van der Waals surface area contributed by atoms with Crippen molar-refractivity contribution in [2.24, 2.45) is 0 Å². The number of nitrogen functional groups attached to an aromatic ring is 1. The van der Waals surface area contributed by atoms with Crippen LogP contribution < -0.4 is 20.5 Å². The normalized spacial score (nSPS) is 10.0. The van der Waals surface area contributed by atoms with Gasteiger partial charge in [0.25, 0.3) is 5.91 Å². The largest absolute Gasteiger partial charge is 0.481 e. The summed E-state index contributed by atoms with van der Waals surface area (Å²) in [5, 5.41) is 2.44. The van der Waals surface area contributed by atoms with Crippen LogP contribution in [-0.4, -0.2) is 30.1 Å². The number of rotatable bonds is 4. The Labute approximate surface area is 119 Å². The van der Waals surface area contributed by atoms with E-state index >= 15 is 0 Å². The fourth-order valence-corrected chi connectivity index (χ4v) is 1.58. The highest BCUT2D eigenvalue weighted by Crippen LogP contribution is 2.19. The third-order valence-electron chi connectivity index (χ3n) is 2.58. The lowest BCUT2D eigenvalue weighted by molar-refractivity contribution is 0.102. The van der Waals surface area contributed by atoms with Gasteiger partial charge in [0.15, 0.2) is 0 Å². The third kappa shape index (κ3) is 3.35. The van der Waals surface area contributed by atoms with Crippen LogP contribution in [0.2, 0.25) is 0 Å². The molecule has 2 rings (SSSR count). The number of methoxy groups -OCH3 is 2. The van der Waals surface area contributed by atoms with Gasteiger partial charge < -0.3 is 15.2 Å². The summed E-state index contributed by atoms with van der Waals surface area (Å²) < 4.78 is 22.9. The molecule has 0 aliphatic heterocycles. The number of nitrogens with zero attached hydrogens (tertiary/aromatic N) is 2. The lowest BCUT2D eigenvalue weighted by atomic mass is 10.1. The molecule has 8 heteroatoms. The van der Waals surface area contributed by atoms with E-state index in [0.29, 0.717) is 0 Å². The van der Waals surface area contributed by atoms with Crippen LogP contribution in [0.15, 0.2) is 24.3 Å². The summed E-state index contributed by atoms with van der Waals surface area (Å²) in [6.45, 7) is 0. The predicted molar refractivity (Wildman–Crippen MR) is 73.9 cm³/mol. The van der Waals surface area contributed by atoms with E-state index in [0.717, 1.165) is 12.1 Å². The van der Waals surface area contributed by atoms with Gasteiger partial charge in [-0.25, -0.2) is 4.39 Å². The van der Waals surface area contributed by atoms with E-state index < -0.39 is 11.7 Å². The summed E-state index contributed by atoms with van der Waals surface area (Å²) in [5.41, 5.74) is 5.73. The number of nitrogens with one attached hydrogen (secondary N) is 1. The molecule has 110 valence electrons. The molecule has 0 unspecified atom stereocenters. The second-order valence-electron chi connectivity index (χ2n) is 3.96. The minimum absolute atomic E-state index is 0.0140. The summed E-state index contributed by atoms with van der Waals surface area (Å²) >= 11 is 0. The van der Waals surface area contributed by atoms with E-state index in [9.17, 15) is 9.18 Å². The zero-order valence-corrected chi connectivity index (χ0v) is 11.4. The number of benzene rings is 1. The highest BCUT2D eigenvalue weighted by Gasteiger charge is 2.13. The molecule has 0 bridgehead atoms. The number of aromatic nitrogens is 2. The predicted octanol–water partition coefficient (Wildman–Crippen LogP) is 1.47. The number of ether oxygens (including phenoxy) is 2. The van der Waals surface area contributed by atoms with Gasteiger partial charge in [-0.15, -0.1) is 0 Å². The van der Waals surface area contributed by atoms with Crippen molar-refractivity contribution in [3.8, 4) is 11.8 Å². The first-order valence-electron chi connectivity index (χ1n) is 5.87. The molecule has 0 spiro atoms. The van der Waals surface area contributed by atoms with Crippen molar-refractivity contribution in [2.45, 2.75) is 0 Å². The van der Waals surface area contributed by atoms with E-state index in [-0.39, 0.29) is 29.0 Å². The number of carbonyl (C=O) groups excluding carboxylic acids is 1. The van der Waals surface area contributed by atoms with Gasteiger partial charge in [0.2, 0.25) is 17.7 Å². The number of amides is 1. The minimum Gasteiger partial charge on any atom is -0.481 e. The topological polar surface area (TPSA) is 99.4 Å². The summed E-state index contributed by atoms with van der Waals surface area (Å²) in [6.07, 6.45) is 0. The first-order valence-corrected chi connectivity index (χ1v) is 5.87. The Kier molecular flexibility index (Phi) is 4.17. The molecule has 0 saturated carbocycles. The molecular weight excluding hydrogens is 279 g/mol. The molecular formula is C13H13FN4O3. The molecule has 0 fully saturated rings. The average Bonchev–Trinajstić information content (AvgIpc) is 2.46. The summed E-state index contributed by atoms with van der Waals surface area (Å²) in [4.78, 5) is 20.0. The Morgan fingerprint density at radius 2 is 1.81 bits per heavy atom. The highest BCUT2D eigenvalue weighted by molar-refractivity contribution is 6.06. The van der Waals surface area contributed by atoms with Crippen molar-refractivity contribution in [3.63, 3.8) is 0 Å². The van der Waals surface area contributed by atoms with Gasteiger partial charge in [-0.1, -0.05) is 0 Å². The van der Waals surface area contributed by atoms with Crippen LogP contribution in [0.25, 0.3) is 0 Å². The number of hydrogen-bond donors (Lipinski definition) is 2. The van der Waals surface area contributed by atoms with Gasteiger partial charge in [0.05, 0.1) is 25.8 Å². The molecule has 2 aromatic rings. The molecule has 21 heavy (non-hydrogen) atoms. The molecule has 1 aromatic carbocycles. The van der Waals surface area contributed by atoms with Gasteiger partial charge in [-0.3, -0.25) is 10.1 Å². The average molecular weight is 292 g/mol. The summed E-state index contributed by atoms with van der Waals surface area (Å²) in [6, 6.07) is 4.93. The Morgan fingerprint density at radius 3 is 2.33 bits per heavy atom. The summed E-state index contributed by atoms with van der Waals surface area (Å²) in [7, 11) is 2.84. The minimum atomic E-state index is -0.567. The Morgan fingerprint density at radius 1 is 1.19 bits per heavy atom. The van der Waals surface area contributed by atoms with Crippen LogP contribution in [0.5, 0.6) is 11.8 Å². The zero-order chi connectivity index (χ0) is 15.4. The first-order chi connectivity index (χ1) is 10.0. The van der Waals surface area contributed by atoms with Gasteiger partial charge in [0, 0.05) is 5.69 Å². The van der Waals surface area contributed by atoms with Crippen molar-refractivity contribution in [1.29, 1.82) is 0 Å². The van der Waals surface area contributed by atoms with E-state index in [4.69, 9.17) is 15.2 Å². The van der Waals surface area contributed by atoms with Crippen molar-refractivity contribution in [3.05, 3.63) is 35.6 Å². The Bertz CT molecular complexity index is 656. The van der Waals surface area contributed by atoms with Crippen LogP contribution >= 0.6 is 0 Å². The van der Waals surface area contributed by atoms with Gasteiger partial charge in [0.1, 0.15) is 5.82 Å². The van der Waals surface area contributed by atoms with Crippen molar-refractivity contribution >= 4 is 17.5 Å². The molecule has 0 saturated heterocycles. The standard InChI is InChI=1S/C13H13FN4O3/c1-20-10-6-11(21-2)17-13(16-10)18-12(19)8-4-3-7(14)5-9(8)15/h3-6H,15H2,1-2H3,(H,16,17,18,19). The maximum atomic E-state index is 13.0. The molecule has 0 radical (unpaired) electrons. The van der Waals surface area contributed by atoms with Crippen molar-refractivity contribution < 1.29 is 18.7 Å². The monoisotopic (exact) mass is 292 g/mol. The van der Waals surface area contributed by atoms with E-state index in [2.05, 4.69) is 15.3 Å². The van der Waals surface area contributed by atoms with Gasteiger partial charge in [-0.05, 0) is 18.2 Å². The molecule has 1 heterocycles. The molecule has 3 N–H and O–H groups in total. The van der Waals surface area contributed by atoms with E-state index in [1.807, 2.05) is 0 Å². The van der Waals surface area contributed by atoms with Gasteiger partial charge in [-0.2, -0.15) is 9.97 Å². The Hall–Kier alpha value is -2.90. The van der Waals surface area contributed by atoms with Crippen molar-refractivity contribution in [2.75, 3.05) is 25.3 Å². The lowest BCUT2D eigenvalue weighted by Crippen LogP contribution is -2.16. The SMILES string of the molecule is COc1cc(OC)nc(NC(=O)c2ccc(F)cc2N)n1.